The lowest BCUT2D eigenvalue weighted by molar-refractivity contribution is -0.127. The van der Waals surface area contributed by atoms with Crippen LogP contribution in [0.5, 0.6) is 11.5 Å². The van der Waals surface area contributed by atoms with Crippen LogP contribution in [0.1, 0.15) is 42.2 Å². The predicted octanol–water partition coefficient (Wildman–Crippen LogP) is 3.43. The van der Waals surface area contributed by atoms with Gasteiger partial charge in [-0.25, -0.2) is 0 Å². The van der Waals surface area contributed by atoms with Crippen molar-refractivity contribution in [3.8, 4) is 11.5 Å². The first-order chi connectivity index (χ1) is 12.6. The highest BCUT2D eigenvalue weighted by molar-refractivity contribution is 7.10. The van der Waals surface area contributed by atoms with Crippen molar-refractivity contribution in [2.75, 3.05) is 20.8 Å². The normalized spacial score (nSPS) is 16.9. The summed E-state index contributed by atoms with van der Waals surface area (Å²) >= 11 is 1.63. The van der Waals surface area contributed by atoms with Crippen LogP contribution in [0.15, 0.2) is 35.7 Å². The van der Waals surface area contributed by atoms with Crippen LogP contribution >= 0.6 is 11.3 Å². The van der Waals surface area contributed by atoms with Crippen LogP contribution in [0, 0.1) is 0 Å². The molecular weight excluding hydrogens is 350 g/mol. The van der Waals surface area contributed by atoms with Crippen molar-refractivity contribution in [3.05, 3.63) is 46.2 Å². The third-order valence-electron chi connectivity index (χ3n) is 5.13. The molecule has 1 amide bonds. The van der Waals surface area contributed by atoms with Crippen LogP contribution < -0.4 is 14.8 Å². The van der Waals surface area contributed by atoms with E-state index in [-0.39, 0.29) is 12.5 Å². The summed E-state index contributed by atoms with van der Waals surface area (Å²) in [6, 6.07) is 9.30. The number of methoxy groups -OCH3 is 2. The van der Waals surface area contributed by atoms with Gasteiger partial charge >= 0.3 is 0 Å². The molecule has 1 atom stereocenters. The Morgan fingerprint density at radius 1 is 1.23 bits per heavy atom. The molecule has 1 aliphatic carbocycles. The molecule has 1 aliphatic rings. The molecule has 1 fully saturated rings. The molecule has 140 valence electrons. The predicted molar refractivity (Wildman–Crippen MR) is 102 cm³/mol. The SMILES string of the molecule is COc1ccc(C(O)CNC(=O)C2(c3cccs3)CCCC2)cc1OC. The monoisotopic (exact) mass is 375 g/mol. The van der Waals surface area contributed by atoms with Crippen molar-refractivity contribution < 1.29 is 19.4 Å². The highest BCUT2D eigenvalue weighted by Gasteiger charge is 2.43. The van der Waals surface area contributed by atoms with Crippen LogP contribution in [0.2, 0.25) is 0 Å². The minimum Gasteiger partial charge on any atom is -0.493 e. The number of aliphatic hydroxyl groups excluding tert-OH is 1. The van der Waals surface area contributed by atoms with E-state index in [9.17, 15) is 9.90 Å². The first kappa shape index (κ1) is 18.7. The van der Waals surface area contributed by atoms with Gasteiger partial charge in [-0.2, -0.15) is 0 Å². The number of carbonyl (C=O) groups excluding carboxylic acids is 1. The second-order valence-electron chi connectivity index (χ2n) is 6.61. The summed E-state index contributed by atoms with van der Waals surface area (Å²) < 4.78 is 10.5. The molecule has 6 heteroatoms. The molecule has 26 heavy (non-hydrogen) atoms. The van der Waals surface area contributed by atoms with Gasteiger partial charge in [-0.15, -0.1) is 11.3 Å². The average Bonchev–Trinajstić information content (AvgIpc) is 3.37. The number of hydrogen-bond acceptors (Lipinski definition) is 5. The minimum absolute atomic E-state index is 0.0111. The lowest BCUT2D eigenvalue weighted by Gasteiger charge is -2.27. The summed E-state index contributed by atoms with van der Waals surface area (Å²) in [5.41, 5.74) is 0.241. The molecule has 0 radical (unpaired) electrons. The fourth-order valence-electron chi connectivity index (χ4n) is 3.65. The zero-order valence-electron chi connectivity index (χ0n) is 15.2. The largest absolute Gasteiger partial charge is 0.493 e. The molecule has 1 aromatic carbocycles. The topological polar surface area (TPSA) is 67.8 Å². The molecule has 0 aliphatic heterocycles. The van der Waals surface area contributed by atoms with Crippen molar-refractivity contribution in [2.24, 2.45) is 0 Å². The average molecular weight is 375 g/mol. The van der Waals surface area contributed by atoms with Gasteiger partial charge in [0.25, 0.3) is 0 Å². The van der Waals surface area contributed by atoms with E-state index >= 15 is 0 Å². The summed E-state index contributed by atoms with van der Waals surface area (Å²) in [6.45, 7) is 0.168. The molecule has 1 unspecified atom stereocenters. The summed E-state index contributed by atoms with van der Waals surface area (Å²) in [5, 5.41) is 15.5. The molecule has 1 heterocycles. The Labute approximate surface area is 158 Å². The summed E-state index contributed by atoms with van der Waals surface area (Å²) in [4.78, 5) is 14.1. The maximum Gasteiger partial charge on any atom is 0.231 e. The Morgan fingerprint density at radius 3 is 2.58 bits per heavy atom. The second kappa shape index (κ2) is 8.10. The van der Waals surface area contributed by atoms with Gasteiger partial charge in [0.1, 0.15) is 0 Å². The number of carbonyl (C=O) groups is 1. The van der Waals surface area contributed by atoms with E-state index in [1.165, 1.54) is 0 Å². The molecule has 1 aromatic heterocycles. The molecule has 0 spiro atoms. The van der Waals surface area contributed by atoms with Crippen LogP contribution in [-0.2, 0) is 10.2 Å². The number of ether oxygens (including phenoxy) is 2. The van der Waals surface area contributed by atoms with Gasteiger partial charge < -0.3 is 19.9 Å². The molecule has 1 saturated carbocycles. The van der Waals surface area contributed by atoms with Crippen LogP contribution in [0.25, 0.3) is 0 Å². The zero-order valence-corrected chi connectivity index (χ0v) is 16.0. The molecule has 3 rings (SSSR count). The number of benzene rings is 1. The maximum atomic E-state index is 13.0. The molecular formula is C20H25NO4S. The first-order valence-electron chi connectivity index (χ1n) is 8.83. The maximum absolute atomic E-state index is 13.0. The van der Waals surface area contributed by atoms with Crippen molar-refractivity contribution in [2.45, 2.75) is 37.2 Å². The third-order valence-corrected chi connectivity index (χ3v) is 6.21. The van der Waals surface area contributed by atoms with Crippen LogP contribution in [-0.4, -0.2) is 31.8 Å². The summed E-state index contributed by atoms with van der Waals surface area (Å²) in [7, 11) is 3.13. The smallest absolute Gasteiger partial charge is 0.231 e. The number of rotatable bonds is 7. The lowest BCUT2D eigenvalue weighted by Crippen LogP contribution is -2.43. The quantitative estimate of drug-likeness (QED) is 0.778. The van der Waals surface area contributed by atoms with Crippen molar-refractivity contribution in [1.82, 2.24) is 5.32 Å². The number of aliphatic hydroxyl groups is 1. The molecule has 2 aromatic rings. The Balaban J connectivity index is 1.69. The second-order valence-corrected chi connectivity index (χ2v) is 7.55. The summed E-state index contributed by atoms with van der Waals surface area (Å²) in [5.74, 6) is 1.17. The van der Waals surface area contributed by atoms with E-state index < -0.39 is 11.5 Å². The van der Waals surface area contributed by atoms with Gasteiger partial charge in [0, 0.05) is 11.4 Å². The van der Waals surface area contributed by atoms with Gasteiger partial charge in [-0.1, -0.05) is 25.0 Å². The summed E-state index contributed by atoms with van der Waals surface area (Å²) in [6.07, 6.45) is 3.05. The Morgan fingerprint density at radius 2 is 1.96 bits per heavy atom. The number of hydrogen-bond donors (Lipinski definition) is 2. The lowest BCUT2D eigenvalue weighted by atomic mass is 9.83. The number of thiophene rings is 1. The Bertz CT molecular complexity index is 738. The Hall–Kier alpha value is -2.05. The molecule has 0 bridgehead atoms. The van der Waals surface area contributed by atoms with Crippen molar-refractivity contribution in [3.63, 3.8) is 0 Å². The zero-order chi connectivity index (χ0) is 18.6. The standard InChI is InChI=1S/C20H25NO4S/c1-24-16-8-7-14(12-17(16)25-2)15(22)13-21-19(23)20(9-3-4-10-20)18-6-5-11-26-18/h5-8,11-12,15,22H,3-4,9-10,13H2,1-2H3,(H,21,23). The fraction of sp³-hybridized carbons (Fsp3) is 0.450. The van der Waals surface area contributed by atoms with E-state index in [1.807, 2.05) is 17.5 Å². The van der Waals surface area contributed by atoms with E-state index in [4.69, 9.17) is 9.47 Å². The van der Waals surface area contributed by atoms with Gasteiger partial charge in [0.2, 0.25) is 5.91 Å². The van der Waals surface area contributed by atoms with Gasteiger partial charge in [-0.05, 0) is 42.0 Å². The minimum atomic E-state index is -0.805. The fourth-order valence-corrected chi connectivity index (χ4v) is 4.63. The van der Waals surface area contributed by atoms with Gasteiger partial charge in [-0.3, -0.25) is 4.79 Å². The van der Waals surface area contributed by atoms with E-state index in [2.05, 4.69) is 5.32 Å². The van der Waals surface area contributed by atoms with Crippen molar-refractivity contribution in [1.29, 1.82) is 0 Å². The number of amides is 1. The van der Waals surface area contributed by atoms with E-state index in [1.54, 1.807) is 43.8 Å². The highest BCUT2D eigenvalue weighted by atomic mass is 32.1. The van der Waals surface area contributed by atoms with Crippen LogP contribution in [0.4, 0.5) is 0 Å². The molecule has 0 saturated heterocycles. The van der Waals surface area contributed by atoms with Crippen molar-refractivity contribution >= 4 is 17.2 Å². The van der Waals surface area contributed by atoms with Gasteiger partial charge in [0.05, 0.1) is 25.7 Å². The van der Waals surface area contributed by atoms with E-state index in [0.717, 1.165) is 30.6 Å². The van der Waals surface area contributed by atoms with Gasteiger partial charge in [0.15, 0.2) is 11.5 Å². The first-order valence-corrected chi connectivity index (χ1v) is 9.71. The van der Waals surface area contributed by atoms with E-state index in [0.29, 0.717) is 17.1 Å². The number of nitrogens with one attached hydrogen (secondary N) is 1. The molecule has 5 nitrogen and oxygen atoms in total. The molecule has 2 N–H and O–H groups in total. The van der Waals surface area contributed by atoms with Crippen LogP contribution in [0.3, 0.4) is 0 Å². The Kier molecular flexibility index (Phi) is 5.84. The third kappa shape index (κ3) is 3.57. The highest BCUT2D eigenvalue weighted by Crippen LogP contribution is 2.43.